The smallest absolute Gasteiger partial charge is 0.310 e. The fourth-order valence-electron chi connectivity index (χ4n) is 4.72. The largest absolute Gasteiger partial charge is 0.508 e. The number of benzene rings is 1. The van der Waals surface area contributed by atoms with Gasteiger partial charge in [0.1, 0.15) is 5.75 Å². The first-order chi connectivity index (χ1) is 13.6. The SMILES string of the molecule is CCCOC(=O)C1C(C(=O)OCC[Si](C)(C)C)C2CC(N)C1c1cc(O)ccc12. The second-order valence-corrected chi connectivity index (χ2v) is 15.2. The van der Waals surface area contributed by atoms with Crippen molar-refractivity contribution in [3.05, 3.63) is 29.3 Å². The number of esters is 2. The van der Waals surface area contributed by atoms with Crippen LogP contribution >= 0.6 is 0 Å². The van der Waals surface area contributed by atoms with E-state index in [2.05, 4.69) is 19.6 Å². The van der Waals surface area contributed by atoms with Crippen LogP contribution in [0.5, 0.6) is 5.75 Å². The molecule has 5 atom stereocenters. The number of rotatable bonds is 7. The average Bonchev–Trinajstić information content (AvgIpc) is 2.64. The Kier molecular flexibility index (Phi) is 6.38. The van der Waals surface area contributed by atoms with Gasteiger partial charge in [0.2, 0.25) is 0 Å². The molecule has 0 radical (unpaired) electrons. The molecule has 6 nitrogen and oxygen atoms in total. The molecular weight excluding hydrogens is 386 g/mol. The summed E-state index contributed by atoms with van der Waals surface area (Å²) in [6, 6.07) is 5.78. The molecule has 0 aromatic heterocycles. The summed E-state index contributed by atoms with van der Waals surface area (Å²) in [7, 11) is -1.34. The summed E-state index contributed by atoms with van der Waals surface area (Å²) in [4.78, 5) is 26.1. The number of nitrogens with two attached hydrogens (primary N) is 1. The van der Waals surface area contributed by atoms with E-state index >= 15 is 0 Å². The van der Waals surface area contributed by atoms with E-state index in [-0.39, 0.29) is 29.6 Å². The summed E-state index contributed by atoms with van der Waals surface area (Å²) in [5, 5.41) is 9.99. The number of carbonyl (C=O) groups excluding carboxylic acids is 2. The van der Waals surface area contributed by atoms with E-state index in [9.17, 15) is 14.7 Å². The fourth-order valence-corrected chi connectivity index (χ4v) is 5.43. The molecule has 0 heterocycles. The van der Waals surface area contributed by atoms with Crippen LogP contribution in [0.1, 0.15) is 42.7 Å². The van der Waals surface area contributed by atoms with Crippen LogP contribution < -0.4 is 5.73 Å². The molecule has 3 aliphatic carbocycles. The Hall–Kier alpha value is -1.86. The molecule has 1 aromatic carbocycles. The summed E-state index contributed by atoms with van der Waals surface area (Å²) in [6.07, 6.45) is 1.33. The number of phenolic OH excluding ortho intramolecular Hbond substituents is 1. The van der Waals surface area contributed by atoms with Crippen molar-refractivity contribution in [2.45, 2.75) is 63.3 Å². The summed E-state index contributed by atoms with van der Waals surface area (Å²) < 4.78 is 11.1. The molecule has 0 spiro atoms. The van der Waals surface area contributed by atoms with Crippen LogP contribution in [0, 0.1) is 11.8 Å². The van der Waals surface area contributed by atoms with E-state index in [0.29, 0.717) is 26.1 Å². The van der Waals surface area contributed by atoms with Gasteiger partial charge >= 0.3 is 11.9 Å². The normalized spacial score (nSPS) is 28.0. The van der Waals surface area contributed by atoms with Gasteiger partial charge in [0.25, 0.3) is 0 Å². The first-order valence-corrected chi connectivity index (χ1v) is 14.3. The lowest BCUT2D eigenvalue weighted by atomic mass is 9.54. The maximum Gasteiger partial charge on any atom is 0.310 e. The second kappa shape index (κ2) is 8.48. The highest BCUT2D eigenvalue weighted by Crippen LogP contribution is 2.56. The number of phenols is 1. The Balaban J connectivity index is 1.93. The number of ether oxygens (including phenoxy) is 2. The number of fused-ring (bicyclic) bond motifs is 2. The van der Waals surface area contributed by atoms with Crippen molar-refractivity contribution in [1.29, 1.82) is 0 Å². The van der Waals surface area contributed by atoms with Crippen LogP contribution in [0.15, 0.2) is 18.2 Å². The Morgan fingerprint density at radius 2 is 1.76 bits per heavy atom. The van der Waals surface area contributed by atoms with Crippen molar-refractivity contribution >= 4 is 20.0 Å². The van der Waals surface area contributed by atoms with Gasteiger partial charge in [0.15, 0.2) is 0 Å². The van der Waals surface area contributed by atoms with Gasteiger partial charge in [-0.2, -0.15) is 0 Å². The molecule has 29 heavy (non-hydrogen) atoms. The van der Waals surface area contributed by atoms with Crippen LogP contribution in [0.2, 0.25) is 25.7 Å². The van der Waals surface area contributed by atoms with Crippen molar-refractivity contribution in [2.24, 2.45) is 17.6 Å². The van der Waals surface area contributed by atoms with Gasteiger partial charge in [-0.15, -0.1) is 0 Å². The van der Waals surface area contributed by atoms with E-state index in [1.807, 2.05) is 13.0 Å². The van der Waals surface area contributed by atoms with Crippen LogP contribution in [0.25, 0.3) is 0 Å². The first-order valence-electron chi connectivity index (χ1n) is 10.6. The predicted octanol–water partition coefficient (Wildman–Crippen LogP) is 3.37. The van der Waals surface area contributed by atoms with Crippen molar-refractivity contribution in [1.82, 2.24) is 0 Å². The van der Waals surface area contributed by atoms with Crippen LogP contribution in [0.4, 0.5) is 0 Å². The summed E-state index contributed by atoms with van der Waals surface area (Å²) in [6.45, 7) is 9.32. The molecule has 7 heteroatoms. The molecule has 3 aliphatic rings. The lowest BCUT2D eigenvalue weighted by Gasteiger charge is -2.50. The van der Waals surface area contributed by atoms with E-state index in [1.54, 1.807) is 12.1 Å². The van der Waals surface area contributed by atoms with Gasteiger partial charge in [0, 0.05) is 20.0 Å². The molecule has 2 bridgehead atoms. The zero-order chi connectivity index (χ0) is 21.3. The zero-order valence-corrected chi connectivity index (χ0v) is 18.8. The molecule has 0 amide bonds. The second-order valence-electron chi connectivity index (χ2n) is 9.54. The molecule has 1 aromatic rings. The predicted molar refractivity (Wildman–Crippen MR) is 114 cm³/mol. The summed E-state index contributed by atoms with van der Waals surface area (Å²) in [5.41, 5.74) is 8.27. The zero-order valence-electron chi connectivity index (χ0n) is 17.8. The monoisotopic (exact) mass is 419 g/mol. The lowest BCUT2D eigenvalue weighted by molar-refractivity contribution is -0.166. The van der Waals surface area contributed by atoms with Crippen molar-refractivity contribution in [2.75, 3.05) is 13.2 Å². The standard InChI is InChI=1S/C22H33NO5Si/c1-5-8-27-22(26)20-18-15-11-13(24)6-7-14(15)16(12-17(18)23)19(20)21(25)28-9-10-29(2,3)4/h6-7,11,16-20,24H,5,8-10,12,23H2,1-4H3. The molecule has 1 saturated carbocycles. The van der Waals surface area contributed by atoms with E-state index < -0.39 is 25.9 Å². The third kappa shape index (κ3) is 4.51. The Bertz CT molecular complexity index is 775. The van der Waals surface area contributed by atoms with Crippen molar-refractivity contribution in [3.8, 4) is 5.75 Å². The summed E-state index contributed by atoms with van der Waals surface area (Å²) >= 11 is 0. The average molecular weight is 420 g/mol. The first kappa shape index (κ1) is 21.8. The van der Waals surface area contributed by atoms with E-state index in [1.165, 1.54) is 0 Å². The number of carbonyl (C=O) groups is 2. The minimum Gasteiger partial charge on any atom is -0.508 e. The van der Waals surface area contributed by atoms with Gasteiger partial charge in [-0.25, -0.2) is 0 Å². The third-order valence-corrected chi connectivity index (χ3v) is 7.82. The van der Waals surface area contributed by atoms with Crippen LogP contribution in [-0.4, -0.2) is 44.4 Å². The molecule has 1 fully saturated rings. The Morgan fingerprint density at radius 1 is 1.10 bits per heavy atom. The number of hydrogen-bond donors (Lipinski definition) is 2. The highest BCUT2D eigenvalue weighted by Gasteiger charge is 2.57. The van der Waals surface area contributed by atoms with Gasteiger partial charge in [-0.3, -0.25) is 9.59 Å². The van der Waals surface area contributed by atoms with E-state index in [0.717, 1.165) is 17.2 Å². The van der Waals surface area contributed by atoms with Gasteiger partial charge < -0.3 is 20.3 Å². The van der Waals surface area contributed by atoms with Crippen LogP contribution in [0.3, 0.4) is 0 Å². The number of hydrogen-bond acceptors (Lipinski definition) is 6. The van der Waals surface area contributed by atoms with Gasteiger partial charge in [-0.05, 0) is 48.1 Å². The number of aromatic hydroxyl groups is 1. The van der Waals surface area contributed by atoms with E-state index in [4.69, 9.17) is 15.2 Å². The highest BCUT2D eigenvalue weighted by atomic mass is 28.3. The van der Waals surface area contributed by atoms with Crippen molar-refractivity contribution in [3.63, 3.8) is 0 Å². The highest BCUT2D eigenvalue weighted by molar-refractivity contribution is 6.76. The lowest BCUT2D eigenvalue weighted by Crippen LogP contribution is -2.54. The maximum absolute atomic E-state index is 13.1. The minimum absolute atomic E-state index is 0.137. The molecule has 5 unspecified atom stereocenters. The molecule has 3 N–H and O–H groups in total. The molecule has 0 aliphatic heterocycles. The van der Waals surface area contributed by atoms with Crippen molar-refractivity contribution < 1.29 is 24.2 Å². The minimum atomic E-state index is -1.34. The van der Waals surface area contributed by atoms with Gasteiger partial charge in [-0.1, -0.05) is 32.6 Å². The Labute approximate surface area is 173 Å². The molecule has 0 saturated heterocycles. The molecular formula is C22H33NO5Si. The maximum atomic E-state index is 13.1. The van der Waals surface area contributed by atoms with Gasteiger partial charge in [0.05, 0.1) is 25.0 Å². The molecule has 4 rings (SSSR count). The summed E-state index contributed by atoms with van der Waals surface area (Å²) in [5.74, 6) is -2.42. The quantitative estimate of drug-likeness (QED) is 0.519. The molecule has 160 valence electrons. The fraction of sp³-hybridized carbons (Fsp3) is 0.636. The Morgan fingerprint density at radius 3 is 2.41 bits per heavy atom. The van der Waals surface area contributed by atoms with Crippen LogP contribution in [-0.2, 0) is 19.1 Å². The third-order valence-electron chi connectivity index (χ3n) is 6.11. The topological polar surface area (TPSA) is 98.9 Å².